The minimum absolute atomic E-state index is 0.00598. The van der Waals surface area contributed by atoms with Gasteiger partial charge in [-0.05, 0) is 27.8 Å². The Bertz CT molecular complexity index is 1150. The van der Waals surface area contributed by atoms with Crippen LogP contribution in [0.25, 0.3) is 11.1 Å². The lowest BCUT2D eigenvalue weighted by atomic mass is 9.87. The zero-order valence-corrected chi connectivity index (χ0v) is 17.7. The lowest BCUT2D eigenvalue weighted by Gasteiger charge is -2.29. The van der Waals surface area contributed by atoms with Crippen LogP contribution in [0.2, 0.25) is 0 Å². The van der Waals surface area contributed by atoms with Gasteiger partial charge in [0.2, 0.25) is 0 Å². The van der Waals surface area contributed by atoms with Crippen LogP contribution in [0.15, 0.2) is 78.9 Å². The van der Waals surface area contributed by atoms with Crippen LogP contribution in [0.3, 0.4) is 0 Å². The van der Waals surface area contributed by atoms with Gasteiger partial charge >= 0.3 is 18.0 Å². The summed E-state index contributed by atoms with van der Waals surface area (Å²) in [5, 5.41) is 21.6. The van der Waals surface area contributed by atoms with E-state index in [1.54, 1.807) is 30.3 Å². The number of amides is 1. The number of rotatable bonds is 8. The Morgan fingerprint density at radius 3 is 1.91 bits per heavy atom. The number of carbonyl (C=O) groups excluding carboxylic acids is 1. The van der Waals surface area contributed by atoms with Gasteiger partial charge in [-0.2, -0.15) is 0 Å². The van der Waals surface area contributed by atoms with E-state index < -0.39 is 30.0 Å². The van der Waals surface area contributed by atoms with Gasteiger partial charge in [0, 0.05) is 12.3 Å². The van der Waals surface area contributed by atoms with E-state index >= 15 is 0 Å². The summed E-state index contributed by atoms with van der Waals surface area (Å²) in [6.45, 7) is -0.00598. The molecule has 3 aromatic carbocycles. The first-order valence-corrected chi connectivity index (χ1v) is 10.5. The van der Waals surface area contributed by atoms with E-state index in [4.69, 9.17) is 4.74 Å². The van der Waals surface area contributed by atoms with E-state index in [0.29, 0.717) is 5.56 Å². The molecule has 3 N–H and O–H groups in total. The van der Waals surface area contributed by atoms with Crippen LogP contribution in [-0.4, -0.2) is 40.4 Å². The van der Waals surface area contributed by atoms with E-state index in [0.717, 1.165) is 22.3 Å². The predicted molar refractivity (Wildman–Crippen MR) is 121 cm³/mol. The highest BCUT2D eigenvalue weighted by atomic mass is 16.5. The quantitative estimate of drug-likeness (QED) is 0.482. The van der Waals surface area contributed by atoms with E-state index in [2.05, 4.69) is 5.32 Å². The first kappa shape index (κ1) is 22.1. The van der Waals surface area contributed by atoms with Gasteiger partial charge in [-0.3, -0.25) is 4.79 Å². The number of fused-ring (bicyclic) bond motifs is 3. The molecule has 0 spiro atoms. The van der Waals surface area contributed by atoms with Crippen LogP contribution in [0.1, 0.15) is 29.0 Å². The van der Waals surface area contributed by atoms with Gasteiger partial charge < -0.3 is 20.3 Å². The molecule has 33 heavy (non-hydrogen) atoms. The number of benzene rings is 3. The number of carboxylic acid groups (broad SMARTS) is 2. The molecule has 7 heteroatoms. The van der Waals surface area contributed by atoms with Crippen LogP contribution >= 0.6 is 0 Å². The van der Waals surface area contributed by atoms with E-state index in [1.165, 1.54) is 0 Å². The average molecular weight is 445 g/mol. The predicted octanol–water partition coefficient (Wildman–Crippen LogP) is 4.07. The van der Waals surface area contributed by atoms with Gasteiger partial charge in [0.05, 0.1) is 6.42 Å². The number of hydrogen-bond acceptors (Lipinski definition) is 4. The number of ether oxygens (including phenoxy) is 1. The number of carbonyl (C=O) groups is 3. The van der Waals surface area contributed by atoms with Crippen molar-refractivity contribution in [2.45, 2.75) is 24.3 Å². The highest BCUT2D eigenvalue weighted by Crippen LogP contribution is 2.44. The molecule has 168 valence electrons. The monoisotopic (exact) mass is 445 g/mol. The number of aliphatic carboxylic acids is 2. The standard InChI is InChI=1S/C26H23NO6/c28-23(29)15-26(24(30)31,14-17-8-2-1-3-9-17)27-25(32)33-16-22-20-12-6-4-10-18(20)19-11-5-7-13-21(19)22/h1-13,22H,14-16H2,(H,27,32)(H,28,29)(H,30,31)/t26-/m0/s1. The first-order valence-electron chi connectivity index (χ1n) is 10.5. The summed E-state index contributed by atoms with van der Waals surface area (Å²) in [5.74, 6) is -2.98. The number of hydrogen-bond donors (Lipinski definition) is 3. The maximum Gasteiger partial charge on any atom is 0.408 e. The van der Waals surface area contributed by atoms with Gasteiger partial charge in [0.1, 0.15) is 6.61 Å². The fraction of sp³-hybridized carbons (Fsp3) is 0.192. The second-order valence-corrected chi connectivity index (χ2v) is 8.07. The number of alkyl carbamates (subject to hydrolysis) is 1. The molecule has 0 saturated carbocycles. The van der Waals surface area contributed by atoms with E-state index in [-0.39, 0.29) is 18.9 Å². The zero-order valence-electron chi connectivity index (χ0n) is 17.7. The second-order valence-electron chi connectivity index (χ2n) is 8.07. The molecule has 0 bridgehead atoms. The molecular weight excluding hydrogens is 422 g/mol. The van der Waals surface area contributed by atoms with Crippen molar-refractivity contribution in [2.75, 3.05) is 6.61 Å². The SMILES string of the molecule is O=C(O)C[C@](Cc1ccccc1)(NC(=O)OCC1c2ccccc2-c2ccccc21)C(=O)O. The largest absolute Gasteiger partial charge is 0.481 e. The molecule has 4 rings (SSSR count). The number of nitrogens with one attached hydrogen (secondary N) is 1. The normalized spacial score (nSPS) is 13.9. The molecule has 0 aromatic heterocycles. The molecule has 1 aliphatic rings. The second kappa shape index (κ2) is 9.16. The highest BCUT2D eigenvalue weighted by Gasteiger charge is 2.43. The van der Waals surface area contributed by atoms with Crippen LogP contribution in [-0.2, 0) is 20.7 Å². The third-order valence-electron chi connectivity index (χ3n) is 5.90. The van der Waals surface area contributed by atoms with Crippen molar-refractivity contribution in [2.24, 2.45) is 0 Å². The minimum Gasteiger partial charge on any atom is -0.481 e. The molecule has 7 nitrogen and oxygen atoms in total. The Labute approximate surface area is 190 Å². The van der Waals surface area contributed by atoms with Gasteiger partial charge in [-0.1, -0.05) is 78.9 Å². The molecule has 1 atom stereocenters. The fourth-order valence-electron chi connectivity index (χ4n) is 4.39. The van der Waals surface area contributed by atoms with Gasteiger partial charge in [0.25, 0.3) is 0 Å². The van der Waals surface area contributed by atoms with Gasteiger partial charge in [-0.15, -0.1) is 0 Å². The zero-order chi connectivity index (χ0) is 23.4. The Kier molecular flexibility index (Phi) is 6.13. The summed E-state index contributed by atoms with van der Waals surface area (Å²) in [6, 6.07) is 24.3. The molecule has 0 unspecified atom stereocenters. The summed E-state index contributed by atoms with van der Waals surface area (Å²) in [6.07, 6.45) is -1.96. The third-order valence-corrected chi connectivity index (χ3v) is 5.90. The van der Waals surface area contributed by atoms with E-state index in [9.17, 15) is 24.6 Å². The van der Waals surface area contributed by atoms with Crippen molar-refractivity contribution in [3.63, 3.8) is 0 Å². The van der Waals surface area contributed by atoms with Gasteiger partial charge in [-0.25, -0.2) is 9.59 Å². The summed E-state index contributed by atoms with van der Waals surface area (Å²) in [5.41, 5.74) is 2.71. The molecule has 0 heterocycles. The van der Waals surface area contributed by atoms with Crippen molar-refractivity contribution >= 4 is 18.0 Å². The smallest absolute Gasteiger partial charge is 0.408 e. The molecule has 1 aliphatic carbocycles. The summed E-state index contributed by atoms with van der Waals surface area (Å²) < 4.78 is 5.46. The highest BCUT2D eigenvalue weighted by molar-refractivity contribution is 5.89. The molecule has 0 aliphatic heterocycles. The van der Waals surface area contributed by atoms with Crippen molar-refractivity contribution in [3.8, 4) is 11.1 Å². The van der Waals surface area contributed by atoms with Crippen molar-refractivity contribution in [1.82, 2.24) is 5.32 Å². The maximum atomic E-state index is 12.7. The lowest BCUT2D eigenvalue weighted by Crippen LogP contribution is -2.57. The lowest BCUT2D eigenvalue weighted by molar-refractivity contribution is -0.151. The van der Waals surface area contributed by atoms with Crippen LogP contribution in [0.5, 0.6) is 0 Å². The molecule has 0 fully saturated rings. The maximum absolute atomic E-state index is 12.7. The summed E-state index contributed by atoms with van der Waals surface area (Å²) in [4.78, 5) is 36.4. The molecular formula is C26H23NO6. The minimum atomic E-state index is -2.05. The third kappa shape index (κ3) is 4.57. The van der Waals surface area contributed by atoms with Crippen molar-refractivity contribution in [1.29, 1.82) is 0 Å². The Morgan fingerprint density at radius 1 is 0.818 bits per heavy atom. The van der Waals surface area contributed by atoms with Crippen molar-refractivity contribution in [3.05, 3.63) is 95.6 Å². The molecule has 0 radical (unpaired) electrons. The Hall–Kier alpha value is -4.13. The van der Waals surface area contributed by atoms with Crippen molar-refractivity contribution < 1.29 is 29.3 Å². The van der Waals surface area contributed by atoms with Crippen LogP contribution in [0, 0.1) is 0 Å². The van der Waals surface area contributed by atoms with E-state index in [1.807, 2.05) is 48.5 Å². The molecule has 1 amide bonds. The molecule has 3 aromatic rings. The first-order chi connectivity index (χ1) is 15.9. The average Bonchev–Trinajstić information content (AvgIpc) is 3.11. The Balaban J connectivity index is 1.53. The fourth-order valence-corrected chi connectivity index (χ4v) is 4.39. The van der Waals surface area contributed by atoms with Crippen LogP contribution < -0.4 is 5.32 Å². The Morgan fingerprint density at radius 2 is 1.36 bits per heavy atom. The summed E-state index contributed by atoms with van der Waals surface area (Å²) >= 11 is 0. The molecule has 0 saturated heterocycles. The topological polar surface area (TPSA) is 113 Å². The number of carboxylic acids is 2. The van der Waals surface area contributed by atoms with Gasteiger partial charge in [0.15, 0.2) is 5.54 Å². The van der Waals surface area contributed by atoms with Crippen LogP contribution in [0.4, 0.5) is 4.79 Å². The summed E-state index contributed by atoms with van der Waals surface area (Å²) in [7, 11) is 0.